The van der Waals surface area contributed by atoms with Crippen LogP contribution < -0.4 is 4.90 Å². The number of thioether (sulfide) groups is 1. The minimum atomic E-state index is -0.488. The number of rotatable bonds is 3. The van der Waals surface area contributed by atoms with Gasteiger partial charge in [0.25, 0.3) is 0 Å². The van der Waals surface area contributed by atoms with E-state index in [-0.39, 0.29) is 18.2 Å². The number of imide groups is 1. The van der Waals surface area contributed by atoms with Crippen molar-refractivity contribution in [3.63, 3.8) is 0 Å². The van der Waals surface area contributed by atoms with Crippen molar-refractivity contribution in [2.45, 2.75) is 16.7 Å². The Labute approximate surface area is 125 Å². The highest BCUT2D eigenvalue weighted by Crippen LogP contribution is 2.32. The molecule has 6 heteroatoms. The van der Waals surface area contributed by atoms with Crippen LogP contribution in [0.4, 0.5) is 10.1 Å². The fraction of sp³-hybridized carbons (Fsp3) is 0.133. The summed E-state index contributed by atoms with van der Waals surface area (Å²) in [6.07, 6.45) is 1.76. The lowest BCUT2D eigenvalue weighted by molar-refractivity contribution is -0.121. The second-order valence-electron chi connectivity index (χ2n) is 4.52. The summed E-state index contributed by atoms with van der Waals surface area (Å²) < 4.78 is 12.9. The molecule has 0 spiro atoms. The van der Waals surface area contributed by atoms with Crippen molar-refractivity contribution in [3.05, 3.63) is 54.5 Å². The number of carbonyl (C=O) groups excluding carboxylic acids is 2. The van der Waals surface area contributed by atoms with Crippen molar-refractivity contribution in [3.8, 4) is 0 Å². The van der Waals surface area contributed by atoms with E-state index < -0.39 is 11.1 Å². The maximum atomic E-state index is 12.9. The summed E-state index contributed by atoms with van der Waals surface area (Å²) in [5.74, 6) is -0.973. The third-order valence-corrected chi connectivity index (χ3v) is 4.23. The Kier molecular flexibility index (Phi) is 3.70. The smallest absolute Gasteiger partial charge is 0.247 e. The molecule has 1 saturated heterocycles. The van der Waals surface area contributed by atoms with Gasteiger partial charge in [-0.3, -0.25) is 9.59 Å². The van der Waals surface area contributed by atoms with Crippen LogP contribution in [0.25, 0.3) is 0 Å². The molecule has 2 aromatic rings. The summed E-state index contributed by atoms with van der Waals surface area (Å²) >= 11 is 1.27. The molecule has 21 heavy (non-hydrogen) atoms. The molecule has 1 aliphatic rings. The van der Waals surface area contributed by atoms with E-state index in [1.54, 1.807) is 18.3 Å². The zero-order chi connectivity index (χ0) is 14.8. The van der Waals surface area contributed by atoms with Crippen LogP contribution in [-0.2, 0) is 9.59 Å². The average molecular weight is 302 g/mol. The Morgan fingerprint density at radius 1 is 1.14 bits per heavy atom. The number of anilines is 1. The normalized spacial score (nSPS) is 18.3. The third kappa shape index (κ3) is 2.80. The van der Waals surface area contributed by atoms with Gasteiger partial charge in [-0.1, -0.05) is 17.8 Å². The van der Waals surface area contributed by atoms with Crippen LogP contribution in [0.1, 0.15) is 6.42 Å². The van der Waals surface area contributed by atoms with E-state index in [2.05, 4.69) is 4.98 Å². The summed E-state index contributed by atoms with van der Waals surface area (Å²) in [7, 11) is 0. The predicted molar refractivity (Wildman–Crippen MR) is 77.4 cm³/mol. The second-order valence-corrected chi connectivity index (χ2v) is 5.75. The van der Waals surface area contributed by atoms with Crippen LogP contribution >= 0.6 is 11.8 Å². The van der Waals surface area contributed by atoms with Gasteiger partial charge in [0.15, 0.2) is 0 Å². The molecular formula is C15H11FN2O2S. The summed E-state index contributed by atoms with van der Waals surface area (Å²) in [5.41, 5.74) is 0.399. The lowest BCUT2D eigenvalue weighted by Gasteiger charge is -2.14. The molecule has 2 amide bonds. The molecule has 1 atom stereocenters. The van der Waals surface area contributed by atoms with Gasteiger partial charge in [0.1, 0.15) is 5.82 Å². The van der Waals surface area contributed by atoms with Crippen molar-refractivity contribution >= 4 is 29.3 Å². The first-order chi connectivity index (χ1) is 10.1. The van der Waals surface area contributed by atoms with Crippen LogP contribution in [0.2, 0.25) is 0 Å². The molecular weight excluding hydrogens is 291 g/mol. The summed E-state index contributed by atoms with van der Waals surface area (Å²) in [5, 5.41) is 0.210. The molecule has 106 valence electrons. The monoisotopic (exact) mass is 302 g/mol. The zero-order valence-corrected chi connectivity index (χ0v) is 11.7. The fourth-order valence-electron chi connectivity index (χ4n) is 2.12. The zero-order valence-electron chi connectivity index (χ0n) is 10.9. The highest BCUT2D eigenvalue weighted by Gasteiger charge is 2.40. The number of aromatic nitrogens is 1. The van der Waals surface area contributed by atoms with E-state index in [0.29, 0.717) is 10.7 Å². The van der Waals surface area contributed by atoms with Gasteiger partial charge in [0.2, 0.25) is 11.8 Å². The van der Waals surface area contributed by atoms with Gasteiger partial charge in [0, 0.05) is 12.6 Å². The first-order valence-electron chi connectivity index (χ1n) is 6.35. The molecule has 1 aliphatic heterocycles. The highest BCUT2D eigenvalue weighted by atomic mass is 32.2. The Morgan fingerprint density at radius 3 is 2.57 bits per heavy atom. The molecule has 0 saturated carbocycles. The van der Waals surface area contributed by atoms with Crippen molar-refractivity contribution in [2.75, 3.05) is 4.90 Å². The molecule has 4 nitrogen and oxygen atoms in total. The highest BCUT2D eigenvalue weighted by molar-refractivity contribution is 8.00. The quantitative estimate of drug-likeness (QED) is 0.818. The number of hydrogen-bond donors (Lipinski definition) is 0. The Hall–Kier alpha value is -2.21. The molecule has 0 bridgehead atoms. The molecule has 1 aromatic carbocycles. The van der Waals surface area contributed by atoms with Crippen LogP contribution in [0.5, 0.6) is 0 Å². The number of halogens is 1. The minimum Gasteiger partial charge on any atom is -0.274 e. The van der Waals surface area contributed by atoms with E-state index in [0.717, 1.165) is 4.90 Å². The van der Waals surface area contributed by atoms with Gasteiger partial charge in [-0.2, -0.15) is 0 Å². The predicted octanol–water partition coefficient (Wildman–Crippen LogP) is 2.64. The minimum absolute atomic E-state index is 0.122. The number of benzene rings is 1. The van der Waals surface area contributed by atoms with Crippen molar-refractivity contribution in [2.24, 2.45) is 0 Å². The Balaban J connectivity index is 1.80. The molecule has 0 radical (unpaired) electrons. The molecule has 2 heterocycles. The van der Waals surface area contributed by atoms with E-state index in [1.165, 1.54) is 36.0 Å². The first-order valence-corrected chi connectivity index (χ1v) is 7.23. The van der Waals surface area contributed by atoms with Gasteiger partial charge in [-0.05, 0) is 36.4 Å². The summed E-state index contributed by atoms with van der Waals surface area (Å²) in [6, 6.07) is 10.7. The largest absolute Gasteiger partial charge is 0.274 e. The molecule has 0 aliphatic carbocycles. The van der Waals surface area contributed by atoms with E-state index in [1.807, 2.05) is 6.07 Å². The van der Waals surface area contributed by atoms with Crippen LogP contribution in [0.3, 0.4) is 0 Å². The third-order valence-electron chi connectivity index (χ3n) is 3.09. The fourth-order valence-corrected chi connectivity index (χ4v) is 3.12. The lowest BCUT2D eigenvalue weighted by Crippen LogP contribution is -2.31. The Bertz CT molecular complexity index is 676. The molecule has 0 unspecified atom stereocenters. The second kappa shape index (κ2) is 5.65. The Morgan fingerprint density at radius 2 is 1.90 bits per heavy atom. The van der Waals surface area contributed by atoms with Gasteiger partial charge < -0.3 is 0 Å². The van der Waals surface area contributed by atoms with Crippen molar-refractivity contribution < 1.29 is 14.0 Å². The number of hydrogen-bond acceptors (Lipinski definition) is 4. The maximum absolute atomic E-state index is 12.9. The number of amides is 2. The van der Waals surface area contributed by atoms with Gasteiger partial charge >= 0.3 is 0 Å². The van der Waals surface area contributed by atoms with E-state index in [4.69, 9.17) is 0 Å². The molecule has 1 fully saturated rings. The van der Waals surface area contributed by atoms with Gasteiger partial charge in [0.05, 0.1) is 16.0 Å². The molecule has 3 rings (SSSR count). The SMILES string of the molecule is O=C1C[C@H](Sc2ccccn2)C(=O)N1c1ccc(F)cc1. The van der Waals surface area contributed by atoms with Crippen LogP contribution in [0.15, 0.2) is 53.7 Å². The van der Waals surface area contributed by atoms with Gasteiger partial charge in [-0.15, -0.1) is 0 Å². The number of pyridine rings is 1. The lowest BCUT2D eigenvalue weighted by atomic mass is 10.3. The van der Waals surface area contributed by atoms with Gasteiger partial charge in [-0.25, -0.2) is 14.3 Å². The topological polar surface area (TPSA) is 50.3 Å². The van der Waals surface area contributed by atoms with Crippen LogP contribution in [-0.4, -0.2) is 22.0 Å². The first kappa shape index (κ1) is 13.8. The number of carbonyl (C=O) groups is 2. The van der Waals surface area contributed by atoms with Crippen molar-refractivity contribution in [1.82, 2.24) is 4.98 Å². The molecule has 1 aromatic heterocycles. The summed E-state index contributed by atoms with van der Waals surface area (Å²) in [6.45, 7) is 0. The van der Waals surface area contributed by atoms with Crippen molar-refractivity contribution in [1.29, 1.82) is 0 Å². The average Bonchev–Trinajstić information content (AvgIpc) is 2.76. The van der Waals surface area contributed by atoms with E-state index >= 15 is 0 Å². The maximum Gasteiger partial charge on any atom is 0.247 e. The molecule has 0 N–H and O–H groups in total. The standard InChI is InChI=1S/C15H11FN2O2S/c16-10-4-6-11(7-5-10)18-14(19)9-12(15(18)20)21-13-3-1-2-8-17-13/h1-8,12H,9H2/t12-/m0/s1. The number of nitrogens with zero attached hydrogens (tertiary/aromatic N) is 2. The summed E-state index contributed by atoms with van der Waals surface area (Å²) in [4.78, 5) is 29.7. The van der Waals surface area contributed by atoms with E-state index in [9.17, 15) is 14.0 Å². The van der Waals surface area contributed by atoms with Crippen LogP contribution in [0, 0.1) is 5.82 Å².